The zero-order chi connectivity index (χ0) is 19.8. The van der Waals surface area contributed by atoms with Gasteiger partial charge in [0.1, 0.15) is 0 Å². The predicted octanol–water partition coefficient (Wildman–Crippen LogP) is 4.91. The second kappa shape index (κ2) is 10.4. The van der Waals surface area contributed by atoms with Gasteiger partial charge in [-0.05, 0) is 54.3 Å². The Morgan fingerprint density at radius 3 is 2.44 bits per heavy atom. The van der Waals surface area contributed by atoms with Gasteiger partial charge in [-0.3, -0.25) is 9.59 Å². The first kappa shape index (κ1) is 21.3. The number of hydrogen-bond acceptors (Lipinski definition) is 3. The van der Waals surface area contributed by atoms with E-state index in [-0.39, 0.29) is 11.8 Å². The second-order valence-corrected chi connectivity index (χ2v) is 8.20. The van der Waals surface area contributed by atoms with Crippen molar-refractivity contribution in [3.05, 3.63) is 64.2 Å². The van der Waals surface area contributed by atoms with Gasteiger partial charge < -0.3 is 10.6 Å². The van der Waals surface area contributed by atoms with E-state index in [1.165, 1.54) is 0 Å². The first-order chi connectivity index (χ1) is 12.8. The standard InChI is InChI=1S/C21H25ClN2O2S/c1-14(2)11-23-20(25)13-27-12-16-4-6-17(7-5-16)21(26)24-18-8-9-19(22)15(3)10-18/h4-10,14H,11-13H2,1-3H3,(H,23,25)(H,24,26). The number of hydrogen-bond donors (Lipinski definition) is 2. The molecule has 0 unspecified atom stereocenters. The van der Waals surface area contributed by atoms with Gasteiger partial charge in [-0.25, -0.2) is 0 Å². The van der Waals surface area contributed by atoms with Gasteiger partial charge in [-0.2, -0.15) is 0 Å². The molecular formula is C21H25ClN2O2S. The molecule has 2 rings (SSSR count). The van der Waals surface area contributed by atoms with Crippen molar-refractivity contribution in [3.63, 3.8) is 0 Å². The smallest absolute Gasteiger partial charge is 0.255 e. The van der Waals surface area contributed by atoms with Crippen molar-refractivity contribution >= 4 is 40.9 Å². The lowest BCUT2D eigenvalue weighted by atomic mass is 10.1. The third-order valence-corrected chi connectivity index (χ3v) is 5.27. The monoisotopic (exact) mass is 404 g/mol. The van der Waals surface area contributed by atoms with Crippen LogP contribution in [0.3, 0.4) is 0 Å². The van der Waals surface area contributed by atoms with E-state index < -0.39 is 0 Å². The second-order valence-electron chi connectivity index (χ2n) is 6.81. The van der Waals surface area contributed by atoms with Crippen molar-refractivity contribution in [2.75, 3.05) is 17.6 Å². The summed E-state index contributed by atoms with van der Waals surface area (Å²) in [5.74, 6) is 1.51. The number of carbonyl (C=O) groups excluding carboxylic acids is 2. The van der Waals surface area contributed by atoms with Crippen molar-refractivity contribution in [2.45, 2.75) is 26.5 Å². The Kier molecular flexibility index (Phi) is 8.20. The third kappa shape index (κ3) is 7.27. The Bertz CT molecular complexity index is 791. The Labute approximate surface area is 170 Å². The van der Waals surface area contributed by atoms with Crippen molar-refractivity contribution in [1.29, 1.82) is 0 Å². The maximum Gasteiger partial charge on any atom is 0.255 e. The molecule has 0 saturated heterocycles. The number of halogens is 1. The first-order valence-corrected chi connectivity index (χ1v) is 10.4. The van der Waals surface area contributed by atoms with Gasteiger partial charge in [0.15, 0.2) is 0 Å². The number of nitrogens with one attached hydrogen (secondary N) is 2. The lowest BCUT2D eigenvalue weighted by Crippen LogP contribution is -2.28. The van der Waals surface area contributed by atoms with Crippen LogP contribution in [0.15, 0.2) is 42.5 Å². The largest absolute Gasteiger partial charge is 0.355 e. The van der Waals surface area contributed by atoms with Crippen LogP contribution >= 0.6 is 23.4 Å². The summed E-state index contributed by atoms with van der Waals surface area (Å²) >= 11 is 7.57. The minimum atomic E-state index is -0.163. The molecule has 2 amide bonds. The van der Waals surface area contributed by atoms with Gasteiger partial charge >= 0.3 is 0 Å². The molecule has 0 atom stereocenters. The van der Waals surface area contributed by atoms with Crippen LogP contribution in [0.25, 0.3) is 0 Å². The Morgan fingerprint density at radius 2 is 1.81 bits per heavy atom. The van der Waals surface area contributed by atoms with Gasteiger partial charge in [0, 0.05) is 28.6 Å². The van der Waals surface area contributed by atoms with E-state index in [1.54, 1.807) is 36.0 Å². The summed E-state index contributed by atoms with van der Waals surface area (Å²) in [7, 11) is 0. The van der Waals surface area contributed by atoms with Crippen LogP contribution in [-0.4, -0.2) is 24.1 Å². The first-order valence-electron chi connectivity index (χ1n) is 8.86. The van der Waals surface area contributed by atoms with Gasteiger partial charge in [0.25, 0.3) is 5.91 Å². The molecule has 0 aromatic heterocycles. The summed E-state index contributed by atoms with van der Waals surface area (Å²) in [5.41, 5.74) is 3.30. The van der Waals surface area contributed by atoms with Crippen LogP contribution in [0.4, 0.5) is 5.69 Å². The Balaban J connectivity index is 1.82. The minimum absolute atomic E-state index is 0.0583. The molecular weight excluding hydrogens is 380 g/mol. The molecule has 2 N–H and O–H groups in total. The van der Waals surface area contributed by atoms with E-state index >= 15 is 0 Å². The molecule has 27 heavy (non-hydrogen) atoms. The number of carbonyl (C=O) groups is 2. The molecule has 0 heterocycles. The van der Waals surface area contributed by atoms with Crippen LogP contribution in [-0.2, 0) is 10.5 Å². The number of anilines is 1. The molecule has 0 spiro atoms. The highest BCUT2D eigenvalue weighted by Gasteiger charge is 2.08. The van der Waals surface area contributed by atoms with Crippen LogP contribution in [0.1, 0.15) is 35.3 Å². The third-order valence-electron chi connectivity index (χ3n) is 3.84. The van der Waals surface area contributed by atoms with E-state index in [1.807, 2.05) is 25.1 Å². The number of benzene rings is 2. The lowest BCUT2D eigenvalue weighted by molar-refractivity contribution is -0.118. The topological polar surface area (TPSA) is 58.2 Å². The van der Waals surface area contributed by atoms with Crippen LogP contribution in [0.2, 0.25) is 5.02 Å². The number of thioether (sulfide) groups is 1. The van der Waals surface area contributed by atoms with E-state index in [0.717, 1.165) is 16.9 Å². The summed E-state index contributed by atoms with van der Waals surface area (Å²) < 4.78 is 0. The highest BCUT2D eigenvalue weighted by molar-refractivity contribution is 7.99. The average Bonchev–Trinajstić information content (AvgIpc) is 2.63. The van der Waals surface area contributed by atoms with Crippen LogP contribution in [0.5, 0.6) is 0 Å². The Morgan fingerprint density at radius 1 is 1.11 bits per heavy atom. The minimum Gasteiger partial charge on any atom is -0.355 e. The van der Waals surface area contributed by atoms with Crippen molar-refractivity contribution in [3.8, 4) is 0 Å². The van der Waals surface area contributed by atoms with E-state index in [4.69, 9.17) is 11.6 Å². The molecule has 2 aromatic rings. The Hall–Kier alpha value is -1.98. The molecule has 2 aromatic carbocycles. The predicted molar refractivity (Wildman–Crippen MR) is 115 cm³/mol. The van der Waals surface area contributed by atoms with Crippen molar-refractivity contribution < 1.29 is 9.59 Å². The zero-order valence-corrected chi connectivity index (χ0v) is 17.4. The van der Waals surface area contributed by atoms with Gasteiger partial charge in [-0.1, -0.05) is 37.6 Å². The van der Waals surface area contributed by atoms with E-state index in [2.05, 4.69) is 24.5 Å². The molecule has 0 bridgehead atoms. The fourth-order valence-corrected chi connectivity index (χ4v) is 3.24. The molecule has 144 valence electrons. The van der Waals surface area contributed by atoms with Gasteiger partial charge in [0.05, 0.1) is 5.75 Å². The summed E-state index contributed by atoms with van der Waals surface area (Å²) in [6, 6.07) is 12.8. The average molecular weight is 405 g/mol. The number of rotatable bonds is 8. The van der Waals surface area contributed by atoms with Crippen LogP contribution in [0, 0.1) is 12.8 Å². The summed E-state index contributed by atoms with van der Waals surface area (Å²) in [6.07, 6.45) is 0. The lowest BCUT2D eigenvalue weighted by Gasteiger charge is -2.09. The van der Waals surface area contributed by atoms with E-state index in [9.17, 15) is 9.59 Å². The molecule has 6 heteroatoms. The molecule has 0 radical (unpaired) electrons. The molecule has 0 fully saturated rings. The van der Waals surface area contributed by atoms with Crippen molar-refractivity contribution in [1.82, 2.24) is 5.32 Å². The maximum atomic E-state index is 12.3. The highest BCUT2D eigenvalue weighted by Crippen LogP contribution is 2.20. The molecule has 0 aliphatic heterocycles. The maximum absolute atomic E-state index is 12.3. The van der Waals surface area contributed by atoms with Crippen molar-refractivity contribution in [2.24, 2.45) is 5.92 Å². The fraction of sp³-hybridized carbons (Fsp3) is 0.333. The SMILES string of the molecule is Cc1cc(NC(=O)c2ccc(CSCC(=O)NCC(C)C)cc2)ccc1Cl. The quantitative estimate of drug-likeness (QED) is 0.657. The molecule has 4 nitrogen and oxygen atoms in total. The molecule has 0 aliphatic rings. The summed E-state index contributed by atoms with van der Waals surface area (Å²) in [6.45, 7) is 6.74. The number of aryl methyl sites for hydroxylation is 1. The fourth-order valence-electron chi connectivity index (χ4n) is 2.31. The van der Waals surface area contributed by atoms with Gasteiger partial charge in [-0.15, -0.1) is 11.8 Å². The molecule has 0 saturated carbocycles. The molecule has 0 aliphatic carbocycles. The highest BCUT2D eigenvalue weighted by atomic mass is 35.5. The summed E-state index contributed by atoms with van der Waals surface area (Å²) in [5, 5.41) is 6.45. The normalized spacial score (nSPS) is 10.7. The number of amides is 2. The zero-order valence-electron chi connectivity index (χ0n) is 15.8. The van der Waals surface area contributed by atoms with Crippen LogP contribution < -0.4 is 10.6 Å². The summed E-state index contributed by atoms with van der Waals surface area (Å²) in [4.78, 5) is 24.1. The van der Waals surface area contributed by atoms with Gasteiger partial charge in [0.2, 0.25) is 5.91 Å². The van der Waals surface area contributed by atoms with E-state index in [0.29, 0.717) is 34.5 Å².